The highest BCUT2D eigenvalue weighted by Gasteiger charge is 2.48. The molecule has 0 saturated heterocycles. The topological polar surface area (TPSA) is 83.0 Å². The summed E-state index contributed by atoms with van der Waals surface area (Å²) in [6.07, 6.45) is 6.87. The Morgan fingerprint density at radius 1 is 1.21 bits per heavy atom. The van der Waals surface area contributed by atoms with E-state index in [9.17, 15) is 4.79 Å². The van der Waals surface area contributed by atoms with Gasteiger partial charge in [-0.05, 0) is 62.8 Å². The molecule has 0 spiro atoms. The molecule has 1 heterocycles. The Bertz CT molecular complexity index is 879. The first kappa shape index (κ1) is 20.1. The molecule has 2 fully saturated rings. The Labute approximate surface area is 172 Å². The van der Waals surface area contributed by atoms with Crippen LogP contribution in [0.5, 0.6) is 0 Å². The molecule has 1 aromatic heterocycles. The summed E-state index contributed by atoms with van der Waals surface area (Å²) in [6.45, 7) is 8.13. The summed E-state index contributed by atoms with van der Waals surface area (Å²) in [5.74, 6) is 0.266. The van der Waals surface area contributed by atoms with Gasteiger partial charge < -0.3 is 10.5 Å². The minimum Gasteiger partial charge on any atom is -0.461 e. The zero-order chi connectivity index (χ0) is 20.8. The zero-order valence-electron chi connectivity index (χ0n) is 17.9. The monoisotopic (exact) mass is 396 g/mol. The van der Waals surface area contributed by atoms with E-state index in [-0.39, 0.29) is 17.5 Å². The van der Waals surface area contributed by atoms with Crippen molar-refractivity contribution in [3.63, 3.8) is 0 Å². The largest absolute Gasteiger partial charge is 0.461 e. The Morgan fingerprint density at radius 2 is 1.86 bits per heavy atom. The molecule has 4 rings (SSSR count). The highest BCUT2D eigenvalue weighted by molar-refractivity contribution is 5.83. The quantitative estimate of drug-likeness (QED) is 0.676. The summed E-state index contributed by atoms with van der Waals surface area (Å²) < 4.78 is 5.58. The maximum absolute atomic E-state index is 13.1. The van der Waals surface area contributed by atoms with Crippen molar-refractivity contribution in [1.82, 2.24) is 15.0 Å². The molecule has 6 nitrogen and oxygen atoms in total. The van der Waals surface area contributed by atoms with Crippen LogP contribution in [0.4, 0.5) is 0 Å². The fraction of sp³-hybridized carbons (Fsp3) is 0.609. The van der Waals surface area contributed by atoms with Crippen molar-refractivity contribution in [2.75, 3.05) is 0 Å². The second-order valence-electron chi connectivity index (χ2n) is 9.72. The van der Waals surface area contributed by atoms with Gasteiger partial charge in [0.2, 0.25) is 0 Å². The van der Waals surface area contributed by atoms with Gasteiger partial charge >= 0.3 is 5.97 Å². The second-order valence-corrected chi connectivity index (χ2v) is 9.72. The standard InChI is InChI=1S/C23H32N4O2/c1-15(2)29-21(28)23(24,14-22(3,4)17-9-10-17)18-7-5-16(6-8-18)20-13-25-27(26-20)19-11-12-19/h5-8,13,15,17,19H,9-12,14,24H2,1-4H3/t23-/m1/s1. The SMILES string of the molecule is CC(C)OC(=O)[C@@](N)(CC(C)(C)C1CC1)c1ccc(-c2cnn(C3CC3)n2)cc1. The number of rotatable bonds is 8. The van der Waals surface area contributed by atoms with Gasteiger partial charge in [0.1, 0.15) is 11.2 Å². The highest BCUT2D eigenvalue weighted by atomic mass is 16.5. The molecule has 0 unspecified atom stereocenters. The molecule has 0 amide bonds. The van der Waals surface area contributed by atoms with Crippen molar-refractivity contribution >= 4 is 5.97 Å². The number of esters is 1. The third-order valence-corrected chi connectivity index (χ3v) is 6.20. The number of nitrogens with zero attached hydrogens (tertiary/aromatic N) is 3. The molecule has 0 radical (unpaired) electrons. The first-order valence-corrected chi connectivity index (χ1v) is 10.7. The van der Waals surface area contributed by atoms with Crippen molar-refractivity contribution in [3.05, 3.63) is 36.0 Å². The van der Waals surface area contributed by atoms with Crippen molar-refractivity contribution in [3.8, 4) is 11.3 Å². The number of nitrogens with two attached hydrogens (primary N) is 1. The van der Waals surface area contributed by atoms with E-state index in [0.29, 0.717) is 18.4 Å². The van der Waals surface area contributed by atoms with E-state index in [1.807, 2.05) is 38.1 Å². The number of aromatic nitrogens is 3. The summed E-state index contributed by atoms with van der Waals surface area (Å²) in [7, 11) is 0. The molecule has 1 atom stereocenters. The molecule has 156 valence electrons. The van der Waals surface area contributed by atoms with Gasteiger partial charge in [0, 0.05) is 5.56 Å². The Morgan fingerprint density at radius 3 is 2.41 bits per heavy atom. The van der Waals surface area contributed by atoms with Gasteiger partial charge in [-0.3, -0.25) is 0 Å². The number of hydrogen-bond donors (Lipinski definition) is 1. The summed E-state index contributed by atoms with van der Waals surface area (Å²) in [6, 6.07) is 8.29. The molecule has 0 aliphatic heterocycles. The van der Waals surface area contributed by atoms with Crippen LogP contribution in [0.2, 0.25) is 0 Å². The summed E-state index contributed by atoms with van der Waals surface area (Å²) in [4.78, 5) is 14.9. The third kappa shape index (κ3) is 4.22. The van der Waals surface area contributed by atoms with Crippen LogP contribution in [0.15, 0.2) is 30.5 Å². The number of carbonyl (C=O) groups is 1. The lowest BCUT2D eigenvalue weighted by Gasteiger charge is -2.36. The molecule has 1 aromatic carbocycles. The van der Waals surface area contributed by atoms with Gasteiger partial charge in [-0.15, -0.1) is 0 Å². The average Bonchev–Trinajstić information content (AvgIpc) is 3.58. The van der Waals surface area contributed by atoms with Crippen molar-refractivity contribution in [2.45, 2.75) is 77.5 Å². The van der Waals surface area contributed by atoms with Gasteiger partial charge in [0.05, 0.1) is 18.3 Å². The molecule has 2 aromatic rings. The lowest BCUT2D eigenvalue weighted by atomic mass is 9.72. The normalized spacial score (nSPS) is 19.2. The van der Waals surface area contributed by atoms with E-state index < -0.39 is 5.54 Å². The fourth-order valence-electron chi connectivity index (χ4n) is 4.17. The van der Waals surface area contributed by atoms with Crippen LogP contribution in [0.1, 0.15) is 71.4 Å². The van der Waals surface area contributed by atoms with Crippen LogP contribution < -0.4 is 5.73 Å². The van der Waals surface area contributed by atoms with Gasteiger partial charge in [-0.25, -0.2) is 4.79 Å². The average molecular weight is 397 g/mol. The lowest BCUT2D eigenvalue weighted by molar-refractivity contribution is -0.156. The number of carbonyl (C=O) groups excluding carboxylic acids is 1. The Kier molecular flexibility index (Phi) is 5.01. The smallest absolute Gasteiger partial charge is 0.331 e. The van der Waals surface area contributed by atoms with E-state index in [2.05, 4.69) is 24.0 Å². The highest BCUT2D eigenvalue weighted by Crippen LogP contribution is 2.50. The van der Waals surface area contributed by atoms with E-state index >= 15 is 0 Å². The van der Waals surface area contributed by atoms with Crippen LogP contribution in [0.3, 0.4) is 0 Å². The number of ether oxygens (including phenoxy) is 1. The summed E-state index contributed by atoms with van der Waals surface area (Å²) in [5.41, 5.74) is 8.22. The third-order valence-electron chi connectivity index (χ3n) is 6.20. The van der Waals surface area contributed by atoms with Gasteiger partial charge in [-0.2, -0.15) is 15.0 Å². The van der Waals surface area contributed by atoms with Gasteiger partial charge in [0.15, 0.2) is 0 Å². The van der Waals surface area contributed by atoms with E-state index in [0.717, 1.165) is 29.7 Å². The number of benzene rings is 1. The maximum atomic E-state index is 13.1. The lowest BCUT2D eigenvalue weighted by Crippen LogP contribution is -2.50. The van der Waals surface area contributed by atoms with Gasteiger partial charge in [0.25, 0.3) is 0 Å². The molecule has 2 N–H and O–H groups in total. The first-order valence-electron chi connectivity index (χ1n) is 10.7. The second kappa shape index (κ2) is 7.24. The summed E-state index contributed by atoms with van der Waals surface area (Å²) in [5, 5.41) is 8.95. The maximum Gasteiger partial charge on any atom is 0.331 e. The van der Waals surface area contributed by atoms with Gasteiger partial charge in [-0.1, -0.05) is 38.1 Å². The Balaban J connectivity index is 1.61. The molecule has 2 aliphatic carbocycles. The zero-order valence-corrected chi connectivity index (χ0v) is 17.9. The van der Waals surface area contributed by atoms with Crippen molar-refractivity contribution in [1.29, 1.82) is 0 Å². The van der Waals surface area contributed by atoms with E-state index in [1.54, 1.807) is 11.0 Å². The molecule has 29 heavy (non-hydrogen) atoms. The van der Waals surface area contributed by atoms with E-state index in [1.165, 1.54) is 12.8 Å². The minimum absolute atomic E-state index is 0.0175. The molecule has 6 heteroatoms. The molecule has 2 aliphatic rings. The van der Waals surface area contributed by atoms with Crippen molar-refractivity contribution < 1.29 is 9.53 Å². The van der Waals surface area contributed by atoms with Crippen LogP contribution in [0, 0.1) is 11.3 Å². The first-order chi connectivity index (χ1) is 13.7. The van der Waals surface area contributed by atoms with Crippen LogP contribution in [-0.4, -0.2) is 27.1 Å². The molecular weight excluding hydrogens is 364 g/mol. The molecular formula is C23H32N4O2. The van der Waals surface area contributed by atoms with Crippen LogP contribution in [0.25, 0.3) is 11.3 Å². The van der Waals surface area contributed by atoms with Crippen LogP contribution in [-0.2, 0) is 15.1 Å². The number of hydrogen-bond acceptors (Lipinski definition) is 5. The predicted molar refractivity (Wildman–Crippen MR) is 112 cm³/mol. The summed E-state index contributed by atoms with van der Waals surface area (Å²) >= 11 is 0. The minimum atomic E-state index is -1.17. The molecule has 2 saturated carbocycles. The van der Waals surface area contributed by atoms with Crippen LogP contribution >= 0.6 is 0 Å². The van der Waals surface area contributed by atoms with E-state index in [4.69, 9.17) is 10.5 Å². The van der Waals surface area contributed by atoms with Crippen molar-refractivity contribution in [2.24, 2.45) is 17.1 Å². The Hall–Kier alpha value is -2.21. The fourth-order valence-corrected chi connectivity index (χ4v) is 4.17. The molecule has 0 bridgehead atoms. The predicted octanol–water partition coefficient (Wildman–Crippen LogP) is 4.21.